The monoisotopic (exact) mass is 596 g/mol. The van der Waals surface area contributed by atoms with Crippen LogP contribution in [0.2, 0.25) is 0 Å². The van der Waals surface area contributed by atoms with Crippen LogP contribution in [0.3, 0.4) is 0 Å². The summed E-state index contributed by atoms with van der Waals surface area (Å²) < 4.78 is 5.04. The van der Waals surface area contributed by atoms with Crippen molar-refractivity contribution in [2.24, 2.45) is 0 Å². The van der Waals surface area contributed by atoms with Gasteiger partial charge in [0.2, 0.25) is 0 Å². The van der Waals surface area contributed by atoms with E-state index in [0.29, 0.717) is 32.2 Å². The van der Waals surface area contributed by atoms with Gasteiger partial charge in [0.25, 0.3) is 5.91 Å². The molecule has 2 atom stereocenters. The van der Waals surface area contributed by atoms with Gasteiger partial charge in [0.15, 0.2) is 0 Å². The van der Waals surface area contributed by atoms with E-state index in [1.807, 2.05) is 24.0 Å². The van der Waals surface area contributed by atoms with E-state index in [2.05, 4.69) is 95.3 Å². The minimum Gasteiger partial charge on any atom is -0.466 e. The molecule has 2 unspecified atom stereocenters. The first-order valence-corrected chi connectivity index (χ1v) is 16.3. The quantitative estimate of drug-likeness (QED) is 0.277. The number of hydrogen-bond acceptors (Lipinski definition) is 6. The van der Waals surface area contributed by atoms with Gasteiger partial charge in [-0.25, -0.2) is 0 Å². The van der Waals surface area contributed by atoms with E-state index in [-0.39, 0.29) is 17.9 Å². The van der Waals surface area contributed by atoms with Gasteiger partial charge in [-0.2, -0.15) is 0 Å². The fourth-order valence-corrected chi connectivity index (χ4v) is 6.71. The Balaban J connectivity index is 1.27. The van der Waals surface area contributed by atoms with Crippen LogP contribution >= 0.6 is 0 Å². The number of nitrogens with zero attached hydrogens (tertiary/aromatic N) is 4. The lowest BCUT2D eigenvalue weighted by atomic mass is 9.92. The number of piperazine rings is 2. The molecule has 7 heteroatoms. The van der Waals surface area contributed by atoms with E-state index in [1.165, 1.54) is 22.3 Å². The molecule has 0 bridgehead atoms. The summed E-state index contributed by atoms with van der Waals surface area (Å²) in [5, 5.41) is 0. The molecule has 5 rings (SSSR count). The molecular formula is C37H48N4O3. The maximum absolute atomic E-state index is 13.7. The van der Waals surface area contributed by atoms with Crippen LogP contribution in [0, 0.1) is 6.92 Å². The van der Waals surface area contributed by atoms with Crippen LogP contribution in [0.25, 0.3) is 0 Å². The van der Waals surface area contributed by atoms with E-state index in [9.17, 15) is 9.59 Å². The van der Waals surface area contributed by atoms with Gasteiger partial charge in [-0.05, 0) is 62.6 Å². The lowest BCUT2D eigenvalue weighted by molar-refractivity contribution is -0.143. The molecular weight excluding hydrogens is 548 g/mol. The zero-order valence-corrected chi connectivity index (χ0v) is 26.7. The van der Waals surface area contributed by atoms with E-state index in [4.69, 9.17) is 4.74 Å². The van der Waals surface area contributed by atoms with Crippen LogP contribution in [0.4, 0.5) is 0 Å². The first kappa shape index (κ1) is 31.9. The number of carbonyl (C=O) groups is 2. The van der Waals surface area contributed by atoms with Crippen LogP contribution in [0.5, 0.6) is 0 Å². The van der Waals surface area contributed by atoms with Crippen molar-refractivity contribution < 1.29 is 14.3 Å². The van der Waals surface area contributed by atoms with Crippen LogP contribution < -0.4 is 0 Å². The Labute approximate surface area is 263 Å². The highest BCUT2D eigenvalue weighted by molar-refractivity contribution is 5.94. The highest BCUT2D eigenvalue weighted by atomic mass is 16.5. The van der Waals surface area contributed by atoms with Crippen molar-refractivity contribution >= 4 is 11.9 Å². The average Bonchev–Trinajstić information content (AvgIpc) is 3.03. The zero-order chi connectivity index (χ0) is 30.9. The van der Waals surface area contributed by atoms with Crippen LogP contribution in [-0.4, -0.2) is 96.5 Å². The first-order chi connectivity index (χ1) is 21.4. The maximum Gasteiger partial charge on any atom is 0.305 e. The van der Waals surface area contributed by atoms with Crippen LogP contribution in [0.1, 0.15) is 65.3 Å². The average molecular weight is 597 g/mol. The second-order valence-corrected chi connectivity index (χ2v) is 12.3. The summed E-state index contributed by atoms with van der Waals surface area (Å²) in [5.41, 5.74) is 5.80. The molecule has 2 fully saturated rings. The lowest BCUT2D eigenvalue weighted by Gasteiger charge is -2.44. The smallest absolute Gasteiger partial charge is 0.305 e. The largest absolute Gasteiger partial charge is 0.466 e. The molecule has 3 aromatic carbocycles. The summed E-state index contributed by atoms with van der Waals surface area (Å²) in [6.07, 6.45) is 1.23. The molecule has 0 aromatic heterocycles. The number of benzene rings is 3. The number of rotatable bonds is 11. The normalized spacial score (nSPS) is 19.1. The fourth-order valence-electron chi connectivity index (χ4n) is 6.71. The third-order valence-electron chi connectivity index (χ3n) is 8.97. The molecule has 1 amide bonds. The first-order valence-electron chi connectivity index (χ1n) is 16.3. The van der Waals surface area contributed by atoms with Crippen molar-refractivity contribution in [2.45, 2.75) is 52.2 Å². The summed E-state index contributed by atoms with van der Waals surface area (Å²) in [7, 11) is 0. The Morgan fingerprint density at radius 1 is 0.841 bits per heavy atom. The zero-order valence-electron chi connectivity index (χ0n) is 26.7. The number of aryl methyl sites for hydroxylation is 1. The van der Waals surface area contributed by atoms with Gasteiger partial charge in [0.05, 0.1) is 12.6 Å². The van der Waals surface area contributed by atoms with Gasteiger partial charge in [-0.3, -0.25) is 24.3 Å². The molecule has 234 valence electrons. The van der Waals surface area contributed by atoms with Gasteiger partial charge in [0.1, 0.15) is 0 Å². The predicted molar refractivity (Wildman–Crippen MR) is 176 cm³/mol. The molecule has 0 saturated carbocycles. The molecule has 2 aliphatic rings. The predicted octanol–water partition coefficient (Wildman–Crippen LogP) is 5.39. The Morgan fingerprint density at radius 2 is 1.55 bits per heavy atom. The summed E-state index contributed by atoms with van der Waals surface area (Å²) in [6, 6.07) is 28.3. The van der Waals surface area contributed by atoms with Crippen molar-refractivity contribution in [3.8, 4) is 0 Å². The number of esters is 1. The van der Waals surface area contributed by atoms with E-state index >= 15 is 0 Å². The van der Waals surface area contributed by atoms with E-state index < -0.39 is 0 Å². The minimum atomic E-state index is -0.131. The highest BCUT2D eigenvalue weighted by Crippen LogP contribution is 2.33. The number of carbonyl (C=O) groups excluding carboxylic acids is 2. The Hall–Kier alpha value is -3.52. The highest BCUT2D eigenvalue weighted by Gasteiger charge is 2.32. The van der Waals surface area contributed by atoms with Crippen molar-refractivity contribution in [1.29, 1.82) is 0 Å². The van der Waals surface area contributed by atoms with Gasteiger partial charge in [-0.15, -0.1) is 0 Å². The van der Waals surface area contributed by atoms with Crippen LogP contribution in [0.15, 0.2) is 78.9 Å². The van der Waals surface area contributed by atoms with Crippen molar-refractivity contribution in [1.82, 2.24) is 19.6 Å². The Morgan fingerprint density at radius 3 is 2.25 bits per heavy atom. The summed E-state index contributed by atoms with van der Waals surface area (Å²) >= 11 is 0. The third kappa shape index (κ3) is 8.35. The molecule has 2 heterocycles. The molecule has 3 aromatic rings. The fraction of sp³-hybridized carbons (Fsp3) is 0.459. The molecule has 0 N–H and O–H groups in total. The molecule has 0 aliphatic carbocycles. The summed E-state index contributed by atoms with van der Waals surface area (Å²) in [4.78, 5) is 34.9. The molecule has 0 spiro atoms. The minimum absolute atomic E-state index is 0.0766. The Kier molecular flexibility index (Phi) is 11.2. The standard InChI is InChI=1S/C37H48N4O3/c1-4-44-35(42)17-10-18-38-19-22-40(23-20-38)37(43)34-16-9-15-33(26-34)36(32-14-8-11-29(2)25-32)41-24-21-39(27-30(41)3)28-31-12-6-5-7-13-31/h5-9,11-16,25-26,30,36H,4,10,17-24,27-28H2,1-3H3. The third-order valence-corrected chi connectivity index (χ3v) is 8.97. The van der Waals surface area contributed by atoms with Crippen LogP contribution in [-0.2, 0) is 16.1 Å². The van der Waals surface area contributed by atoms with Crippen molar-refractivity contribution in [3.05, 3.63) is 107 Å². The number of ether oxygens (including phenoxy) is 1. The summed E-state index contributed by atoms with van der Waals surface area (Å²) in [5.74, 6) is -0.0321. The van der Waals surface area contributed by atoms with Crippen molar-refractivity contribution in [2.75, 3.05) is 59.0 Å². The second kappa shape index (κ2) is 15.5. The number of amides is 1. The van der Waals surface area contributed by atoms with Crippen molar-refractivity contribution in [3.63, 3.8) is 0 Å². The second-order valence-electron chi connectivity index (χ2n) is 12.3. The van der Waals surface area contributed by atoms with Gasteiger partial charge >= 0.3 is 5.97 Å². The van der Waals surface area contributed by atoms with E-state index in [1.54, 1.807) is 0 Å². The SMILES string of the molecule is CCOC(=O)CCCN1CCN(C(=O)c2cccc(C(c3cccc(C)c3)N3CCN(Cc4ccccc4)CC3C)c2)CC1. The molecule has 44 heavy (non-hydrogen) atoms. The maximum atomic E-state index is 13.7. The lowest BCUT2D eigenvalue weighted by Crippen LogP contribution is -2.52. The molecule has 2 aliphatic heterocycles. The molecule has 2 saturated heterocycles. The summed E-state index contributed by atoms with van der Waals surface area (Å²) in [6.45, 7) is 14.6. The number of hydrogen-bond donors (Lipinski definition) is 0. The topological polar surface area (TPSA) is 56.3 Å². The van der Waals surface area contributed by atoms with Gasteiger partial charge in [-0.1, -0.05) is 72.3 Å². The Bertz CT molecular complexity index is 1370. The molecule has 7 nitrogen and oxygen atoms in total. The molecule has 0 radical (unpaired) electrons. The van der Waals surface area contributed by atoms with Gasteiger partial charge < -0.3 is 9.64 Å². The van der Waals surface area contributed by atoms with E-state index in [0.717, 1.165) is 57.8 Å². The van der Waals surface area contributed by atoms with Gasteiger partial charge in [0, 0.05) is 70.4 Å².